The highest BCUT2D eigenvalue weighted by molar-refractivity contribution is 5.77. The molecule has 4 fully saturated rings. The predicted molar refractivity (Wildman–Crippen MR) is 126 cm³/mol. The van der Waals surface area contributed by atoms with Crippen molar-refractivity contribution >= 4 is 12.2 Å². The van der Waals surface area contributed by atoms with E-state index in [1.54, 1.807) is 12.2 Å². The van der Waals surface area contributed by atoms with Crippen LogP contribution in [-0.4, -0.2) is 44.8 Å². The summed E-state index contributed by atoms with van der Waals surface area (Å²) in [6.07, 6.45) is 16.4. The van der Waals surface area contributed by atoms with E-state index in [2.05, 4.69) is 24.4 Å². The molecule has 0 radical (unpaired) electrons. The molecule has 8 atom stereocenters. The van der Waals surface area contributed by atoms with Crippen LogP contribution < -0.4 is 11.2 Å². The summed E-state index contributed by atoms with van der Waals surface area (Å²) in [5.41, 5.74) is 5.21. The van der Waals surface area contributed by atoms with E-state index in [0.717, 1.165) is 44.9 Å². The number of aliphatic hydroxyl groups is 3. The molecule has 32 heavy (non-hydrogen) atoms. The Morgan fingerprint density at radius 3 is 2.53 bits per heavy atom. The van der Waals surface area contributed by atoms with Gasteiger partial charge >= 0.3 is 0 Å². The Labute approximate surface area is 191 Å². The fraction of sp³-hybridized carbons (Fsp3) is 0.760. The topological polar surface area (TPSA) is 135 Å². The number of hydrogen-bond donors (Lipinski definition) is 6. The van der Waals surface area contributed by atoms with Crippen LogP contribution in [0.4, 0.5) is 0 Å². The molecular weight excluding hydrogens is 404 g/mol. The fourth-order valence-electron chi connectivity index (χ4n) is 8.00. The van der Waals surface area contributed by atoms with Crippen LogP contribution >= 0.6 is 0 Å². The summed E-state index contributed by atoms with van der Waals surface area (Å²) in [6, 6.07) is 0. The van der Waals surface area contributed by atoms with E-state index in [1.807, 2.05) is 12.2 Å². The van der Waals surface area contributed by atoms with Crippen molar-refractivity contribution in [3.05, 3.63) is 24.3 Å². The summed E-state index contributed by atoms with van der Waals surface area (Å²) in [4.78, 5) is 0. The standard InChI is InChI=1S/C25H40N4O3/c1-22-11-8-18(30)16-17(22)6-7-20-19(22)9-12-23(2)24(31,13-14-25(20,23)32)10-4-3-5-15-28-29-21(26)27/h3-5,10,15,17-20,30-32H,6-9,11-14,16H2,1-2H3,(H4,26,27,29)/b5-3+,10-4+,28-15+/t17-,18+,19+,20-,22+,23-,24-,25+/m1/s1. The van der Waals surface area contributed by atoms with Crippen molar-refractivity contribution in [2.75, 3.05) is 0 Å². The van der Waals surface area contributed by atoms with Crippen LogP contribution in [0.25, 0.3) is 0 Å². The van der Waals surface area contributed by atoms with Crippen LogP contribution in [0.3, 0.4) is 0 Å². The van der Waals surface area contributed by atoms with Crippen LogP contribution in [0.15, 0.2) is 29.4 Å². The second-order valence-corrected chi connectivity index (χ2v) is 11.2. The number of fused-ring (bicyclic) bond motifs is 5. The number of rotatable bonds is 4. The first kappa shape index (κ1) is 23.5. The van der Waals surface area contributed by atoms with E-state index in [-0.39, 0.29) is 23.4 Å². The average Bonchev–Trinajstić information content (AvgIpc) is 2.95. The van der Waals surface area contributed by atoms with Crippen LogP contribution in [0.1, 0.15) is 71.6 Å². The molecule has 7 nitrogen and oxygen atoms in total. The first-order chi connectivity index (χ1) is 15.1. The fourth-order valence-corrected chi connectivity index (χ4v) is 8.00. The van der Waals surface area contributed by atoms with Gasteiger partial charge in [-0.05, 0) is 87.0 Å². The zero-order chi connectivity index (χ0) is 23.2. The molecule has 0 amide bonds. The number of allylic oxidation sites excluding steroid dienone is 3. The molecule has 4 rings (SSSR count). The molecule has 0 saturated heterocycles. The molecule has 7 N–H and O–H groups in total. The van der Waals surface area contributed by atoms with E-state index >= 15 is 0 Å². The van der Waals surface area contributed by atoms with Gasteiger partial charge in [0, 0.05) is 11.6 Å². The smallest absolute Gasteiger partial charge is 0.206 e. The Hall–Kier alpha value is -1.70. The third-order valence-corrected chi connectivity index (χ3v) is 9.97. The molecule has 0 heterocycles. The molecule has 7 heteroatoms. The van der Waals surface area contributed by atoms with Gasteiger partial charge in [0.1, 0.15) is 0 Å². The molecule has 0 aliphatic heterocycles. The van der Waals surface area contributed by atoms with Crippen LogP contribution in [0.5, 0.6) is 0 Å². The number of aliphatic hydroxyl groups excluding tert-OH is 1. The Morgan fingerprint density at radius 1 is 1.00 bits per heavy atom. The number of nitrogens with two attached hydrogens (primary N) is 1. The lowest BCUT2D eigenvalue weighted by molar-refractivity contribution is -0.227. The molecule has 0 aromatic carbocycles. The van der Waals surface area contributed by atoms with E-state index in [1.165, 1.54) is 6.21 Å². The van der Waals surface area contributed by atoms with Crippen molar-refractivity contribution in [3.63, 3.8) is 0 Å². The molecule has 4 aliphatic carbocycles. The van der Waals surface area contributed by atoms with Crippen molar-refractivity contribution < 1.29 is 15.3 Å². The number of hydrazone groups is 1. The lowest BCUT2D eigenvalue weighted by atomic mass is 9.43. The van der Waals surface area contributed by atoms with Crippen molar-refractivity contribution in [3.8, 4) is 0 Å². The summed E-state index contributed by atoms with van der Waals surface area (Å²) in [6.45, 7) is 4.49. The van der Waals surface area contributed by atoms with E-state index in [4.69, 9.17) is 11.1 Å². The molecule has 4 aliphatic rings. The van der Waals surface area contributed by atoms with Gasteiger partial charge in [0.25, 0.3) is 0 Å². The molecule has 0 spiro atoms. The number of nitrogens with one attached hydrogen (secondary N) is 2. The Kier molecular flexibility index (Phi) is 6.06. The summed E-state index contributed by atoms with van der Waals surface area (Å²) in [5.74, 6) is 0.994. The zero-order valence-corrected chi connectivity index (χ0v) is 19.4. The number of guanidine groups is 1. The lowest BCUT2D eigenvalue weighted by Gasteiger charge is -2.64. The largest absolute Gasteiger partial charge is 0.393 e. The normalized spacial score (nSPS) is 48.7. The molecule has 0 bridgehead atoms. The summed E-state index contributed by atoms with van der Waals surface area (Å²) in [7, 11) is 0. The minimum Gasteiger partial charge on any atom is -0.393 e. The Bertz CT molecular complexity index is 828. The quantitative estimate of drug-likeness (QED) is 0.172. The van der Waals surface area contributed by atoms with Gasteiger partial charge in [-0.25, -0.2) is 5.43 Å². The lowest BCUT2D eigenvalue weighted by Crippen LogP contribution is -2.65. The maximum absolute atomic E-state index is 12.2. The maximum Gasteiger partial charge on any atom is 0.206 e. The van der Waals surface area contributed by atoms with E-state index < -0.39 is 16.6 Å². The van der Waals surface area contributed by atoms with Gasteiger partial charge < -0.3 is 21.1 Å². The van der Waals surface area contributed by atoms with Crippen molar-refractivity contribution in [2.24, 2.45) is 39.4 Å². The van der Waals surface area contributed by atoms with Gasteiger partial charge in [0.05, 0.1) is 17.3 Å². The first-order valence-electron chi connectivity index (χ1n) is 12.2. The molecule has 0 unspecified atom stereocenters. The van der Waals surface area contributed by atoms with E-state index in [9.17, 15) is 15.3 Å². The Morgan fingerprint density at radius 2 is 1.78 bits per heavy atom. The third kappa shape index (κ3) is 3.53. The van der Waals surface area contributed by atoms with Crippen molar-refractivity contribution in [1.29, 1.82) is 5.41 Å². The van der Waals surface area contributed by atoms with Gasteiger partial charge in [-0.3, -0.25) is 5.41 Å². The second-order valence-electron chi connectivity index (χ2n) is 11.2. The van der Waals surface area contributed by atoms with Crippen LogP contribution in [-0.2, 0) is 0 Å². The van der Waals surface area contributed by atoms with Gasteiger partial charge in [0.15, 0.2) is 0 Å². The molecule has 178 valence electrons. The summed E-state index contributed by atoms with van der Waals surface area (Å²) >= 11 is 0. The second kappa shape index (κ2) is 8.26. The maximum atomic E-state index is 12.2. The SMILES string of the molecule is C[C@]12CC[C@H](O)C[C@H]1CC[C@@H]1[C@@H]2CC[C@]2(C)[C@@](O)(/C=C/C=C/C=N/NC(=N)N)CC[C@]12O. The first-order valence-corrected chi connectivity index (χ1v) is 12.2. The number of nitrogens with zero attached hydrogens (tertiary/aromatic N) is 1. The monoisotopic (exact) mass is 444 g/mol. The third-order valence-electron chi connectivity index (χ3n) is 9.97. The average molecular weight is 445 g/mol. The zero-order valence-electron chi connectivity index (χ0n) is 19.4. The summed E-state index contributed by atoms with van der Waals surface area (Å²) in [5, 5.41) is 44.9. The van der Waals surface area contributed by atoms with Gasteiger partial charge in [-0.1, -0.05) is 32.1 Å². The highest BCUT2D eigenvalue weighted by atomic mass is 16.3. The molecule has 0 aromatic heterocycles. The molecular formula is C25H40N4O3. The minimum absolute atomic E-state index is 0.167. The Balaban J connectivity index is 1.52. The van der Waals surface area contributed by atoms with Crippen LogP contribution in [0.2, 0.25) is 0 Å². The summed E-state index contributed by atoms with van der Waals surface area (Å²) < 4.78 is 0. The van der Waals surface area contributed by atoms with Crippen molar-refractivity contribution in [1.82, 2.24) is 5.43 Å². The van der Waals surface area contributed by atoms with Crippen molar-refractivity contribution in [2.45, 2.75) is 88.9 Å². The molecule has 4 saturated carbocycles. The predicted octanol–water partition coefficient (Wildman–Crippen LogP) is 2.82. The van der Waals surface area contributed by atoms with Gasteiger partial charge in [-0.15, -0.1) is 0 Å². The van der Waals surface area contributed by atoms with Gasteiger partial charge in [0.2, 0.25) is 5.96 Å². The minimum atomic E-state index is -1.05. The molecule has 0 aromatic rings. The van der Waals surface area contributed by atoms with Gasteiger partial charge in [-0.2, -0.15) is 5.10 Å². The number of hydrogen-bond acceptors (Lipinski definition) is 5. The highest BCUT2D eigenvalue weighted by Crippen LogP contribution is 2.70. The van der Waals surface area contributed by atoms with E-state index in [0.29, 0.717) is 24.7 Å². The highest BCUT2D eigenvalue weighted by Gasteiger charge is 2.70. The van der Waals surface area contributed by atoms with Crippen LogP contribution in [0, 0.1) is 34.0 Å².